The van der Waals surface area contributed by atoms with E-state index in [0.717, 1.165) is 16.8 Å². The number of rotatable bonds is 5. The average Bonchev–Trinajstić information content (AvgIpc) is 2.75. The number of hydrogen-bond acceptors (Lipinski definition) is 4. The standard InChI is InChI=1S/C23H20ClN3O3/c1-15-13-17(24)11-12-20(15)30-14-21(28)26-27-22(16-7-3-2-4-8-16)25-19-10-6-5-9-18(19)23(27)29/h2-13,22,25H,14H2,1H3,(H,26,28). The van der Waals surface area contributed by atoms with Crippen molar-refractivity contribution in [1.29, 1.82) is 0 Å². The van der Waals surface area contributed by atoms with E-state index in [-0.39, 0.29) is 12.5 Å². The fourth-order valence-corrected chi connectivity index (χ4v) is 3.55. The van der Waals surface area contributed by atoms with E-state index in [1.807, 2.05) is 49.4 Å². The SMILES string of the molecule is Cc1cc(Cl)ccc1OCC(=O)NN1C(=O)c2ccccc2NC1c1ccccc1. The number of benzene rings is 3. The van der Waals surface area contributed by atoms with Crippen LogP contribution in [-0.2, 0) is 4.79 Å². The number of ether oxygens (including phenoxy) is 1. The first-order chi connectivity index (χ1) is 14.5. The lowest BCUT2D eigenvalue weighted by Gasteiger charge is -2.37. The first-order valence-electron chi connectivity index (χ1n) is 9.45. The molecule has 0 bridgehead atoms. The molecular weight excluding hydrogens is 402 g/mol. The molecule has 0 spiro atoms. The van der Waals surface area contributed by atoms with Gasteiger partial charge in [0.25, 0.3) is 11.8 Å². The lowest BCUT2D eigenvalue weighted by Crippen LogP contribution is -2.53. The lowest BCUT2D eigenvalue weighted by molar-refractivity contribution is -0.127. The Labute approximate surface area is 179 Å². The number of amides is 2. The van der Waals surface area contributed by atoms with Crippen molar-refractivity contribution in [3.05, 3.63) is 94.5 Å². The van der Waals surface area contributed by atoms with Crippen LogP contribution in [0.15, 0.2) is 72.8 Å². The van der Waals surface area contributed by atoms with Gasteiger partial charge in [-0.2, -0.15) is 0 Å². The molecule has 1 unspecified atom stereocenters. The summed E-state index contributed by atoms with van der Waals surface area (Å²) in [4.78, 5) is 25.7. The fraction of sp³-hybridized carbons (Fsp3) is 0.130. The van der Waals surface area contributed by atoms with E-state index < -0.39 is 12.1 Å². The van der Waals surface area contributed by atoms with Crippen LogP contribution in [0, 0.1) is 6.92 Å². The van der Waals surface area contributed by atoms with Crippen molar-refractivity contribution in [3.8, 4) is 5.75 Å². The van der Waals surface area contributed by atoms with E-state index in [9.17, 15) is 9.59 Å². The second-order valence-electron chi connectivity index (χ2n) is 6.91. The van der Waals surface area contributed by atoms with Gasteiger partial charge >= 0.3 is 0 Å². The molecule has 1 heterocycles. The number of nitrogens with one attached hydrogen (secondary N) is 2. The summed E-state index contributed by atoms with van der Waals surface area (Å²) in [7, 11) is 0. The van der Waals surface area contributed by atoms with Crippen LogP contribution in [0.1, 0.15) is 27.7 Å². The molecule has 0 fully saturated rings. The Morgan fingerprint density at radius 3 is 2.60 bits per heavy atom. The number of fused-ring (bicyclic) bond motifs is 1. The van der Waals surface area contributed by atoms with Gasteiger partial charge in [0, 0.05) is 10.7 Å². The van der Waals surface area contributed by atoms with Crippen LogP contribution in [0.3, 0.4) is 0 Å². The van der Waals surface area contributed by atoms with Gasteiger partial charge in [0.15, 0.2) is 6.61 Å². The quantitative estimate of drug-likeness (QED) is 0.643. The van der Waals surface area contributed by atoms with Gasteiger partial charge in [-0.25, -0.2) is 5.01 Å². The highest BCUT2D eigenvalue weighted by atomic mass is 35.5. The second kappa shape index (κ2) is 8.47. The number of carbonyl (C=O) groups is 2. The van der Waals surface area contributed by atoms with Gasteiger partial charge in [0.05, 0.1) is 5.56 Å². The van der Waals surface area contributed by atoms with Gasteiger partial charge in [-0.15, -0.1) is 0 Å². The van der Waals surface area contributed by atoms with Gasteiger partial charge < -0.3 is 10.1 Å². The molecule has 3 aromatic carbocycles. The van der Waals surface area contributed by atoms with Gasteiger partial charge in [-0.1, -0.05) is 54.1 Å². The minimum atomic E-state index is -0.546. The molecule has 2 N–H and O–H groups in total. The van der Waals surface area contributed by atoms with Gasteiger partial charge in [0.2, 0.25) is 0 Å². The molecule has 3 aromatic rings. The molecule has 1 aliphatic heterocycles. The molecule has 0 saturated carbocycles. The zero-order valence-corrected chi connectivity index (χ0v) is 17.0. The van der Waals surface area contributed by atoms with E-state index in [1.54, 1.807) is 30.3 Å². The molecule has 1 aliphatic rings. The van der Waals surface area contributed by atoms with Gasteiger partial charge in [-0.3, -0.25) is 15.0 Å². The van der Waals surface area contributed by atoms with Gasteiger partial charge in [-0.05, 0) is 48.4 Å². The first kappa shape index (κ1) is 19.8. The zero-order chi connectivity index (χ0) is 21.1. The summed E-state index contributed by atoms with van der Waals surface area (Å²) in [5.41, 5.74) is 5.56. The minimum Gasteiger partial charge on any atom is -0.483 e. The topological polar surface area (TPSA) is 70.7 Å². The van der Waals surface area contributed by atoms with Crippen molar-refractivity contribution < 1.29 is 14.3 Å². The number of para-hydroxylation sites is 1. The molecule has 2 amide bonds. The second-order valence-corrected chi connectivity index (χ2v) is 7.35. The molecule has 0 radical (unpaired) electrons. The predicted molar refractivity (Wildman–Crippen MR) is 115 cm³/mol. The van der Waals surface area contributed by atoms with Crippen LogP contribution in [0.4, 0.5) is 5.69 Å². The zero-order valence-electron chi connectivity index (χ0n) is 16.3. The van der Waals surface area contributed by atoms with Crippen molar-refractivity contribution in [3.63, 3.8) is 0 Å². The molecule has 1 atom stereocenters. The first-order valence-corrected chi connectivity index (χ1v) is 9.83. The molecule has 0 aliphatic carbocycles. The molecule has 6 nitrogen and oxygen atoms in total. The smallest absolute Gasteiger partial charge is 0.276 e. The van der Waals surface area contributed by atoms with E-state index in [2.05, 4.69) is 10.7 Å². The Hall–Kier alpha value is -3.51. The lowest BCUT2D eigenvalue weighted by atomic mass is 10.1. The summed E-state index contributed by atoms with van der Waals surface area (Å²) >= 11 is 5.95. The maximum absolute atomic E-state index is 13.1. The Bertz CT molecular complexity index is 1090. The van der Waals surface area contributed by atoms with Gasteiger partial charge in [0.1, 0.15) is 11.9 Å². The number of hydrazine groups is 1. The minimum absolute atomic E-state index is 0.241. The largest absolute Gasteiger partial charge is 0.483 e. The highest BCUT2D eigenvalue weighted by molar-refractivity contribution is 6.30. The monoisotopic (exact) mass is 421 g/mol. The van der Waals surface area contributed by atoms with Crippen LogP contribution in [0.2, 0.25) is 5.02 Å². The third-order valence-electron chi connectivity index (χ3n) is 4.78. The summed E-state index contributed by atoms with van der Waals surface area (Å²) < 4.78 is 5.61. The fourth-order valence-electron chi connectivity index (χ4n) is 3.32. The van der Waals surface area contributed by atoms with E-state index >= 15 is 0 Å². The van der Waals surface area contributed by atoms with Crippen LogP contribution in [0.25, 0.3) is 0 Å². The Kier molecular flexibility index (Phi) is 5.59. The number of hydrogen-bond donors (Lipinski definition) is 2. The number of anilines is 1. The van der Waals surface area contributed by atoms with Crippen molar-refractivity contribution in [2.24, 2.45) is 0 Å². The highest BCUT2D eigenvalue weighted by Crippen LogP contribution is 2.31. The van der Waals surface area contributed by atoms with Crippen LogP contribution < -0.4 is 15.5 Å². The third-order valence-corrected chi connectivity index (χ3v) is 5.02. The number of nitrogens with zero attached hydrogens (tertiary/aromatic N) is 1. The number of aryl methyl sites for hydroxylation is 1. The van der Waals surface area contributed by atoms with E-state index in [4.69, 9.17) is 16.3 Å². The van der Waals surface area contributed by atoms with E-state index in [1.165, 1.54) is 5.01 Å². The molecule has 30 heavy (non-hydrogen) atoms. The summed E-state index contributed by atoms with van der Waals surface area (Å²) in [6.45, 7) is 1.61. The maximum Gasteiger partial charge on any atom is 0.276 e. The van der Waals surface area contributed by atoms with Crippen LogP contribution >= 0.6 is 11.6 Å². The maximum atomic E-state index is 13.1. The summed E-state index contributed by atoms with van der Waals surface area (Å²) in [6.07, 6.45) is -0.546. The van der Waals surface area contributed by atoms with Crippen molar-refractivity contribution in [1.82, 2.24) is 10.4 Å². The molecule has 4 rings (SSSR count). The molecule has 0 aromatic heterocycles. The summed E-state index contributed by atoms with van der Waals surface area (Å²) in [5.74, 6) is -0.184. The Morgan fingerprint density at radius 1 is 1.10 bits per heavy atom. The Morgan fingerprint density at radius 2 is 1.83 bits per heavy atom. The van der Waals surface area contributed by atoms with Crippen LogP contribution in [0.5, 0.6) is 5.75 Å². The van der Waals surface area contributed by atoms with Crippen molar-refractivity contribution in [2.75, 3.05) is 11.9 Å². The molecule has 0 saturated heterocycles. The summed E-state index contributed by atoms with van der Waals surface area (Å²) in [5, 5.41) is 5.22. The van der Waals surface area contributed by atoms with Crippen molar-refractivity contribution in [2.45, 2.75) is 13.1 Å². The number of carbonyl (C=O) groups excluding carboxylic acids is 2. The molecule has 7 heteroatoms. The normalized spacial score (nSPS) is 15.2. The third kappa shape index (κ3) is 4.09. The predicted octanol–water partition coefficient (Wildman–Crippen LogP) is 4.33. The molecular formula is C23H20ClN3O3. The average molecular weight is 422 g/mol. The van der Waals surface area contributed by atoms with Crippen LogP contribution in [-0.4, -0.2) is 23.4 Å². The number of halogens is 1. The van der Waals surface area contributed by atoms with Crippen molar-refractivity contribution >= 4 is 29.1 Å². The van der Waals surface area contributed by atoms with E-state index in [0.29, 0.717) is 16.3 Å². The summed E-state index contributed by atoms with van der Waals surface area (Å²) in [6, 6.07) is 21.8. The highest BCUT2D eigenvalue weighted by Gasteiger charge is 2.34. The molecule has 152 valence electrons. The Balaban J connectivity index is 1.54.